The molecule has 1 fully saturated rings. The molecule has 1 N–H and O–H groups in total. The lowest BCUT2D eigenvalue weighted by atomic mass is 9.82. The van der Waals surface area contributed by atoms with Crippen LogP contribution in [0.15, 0.2) is 103 Å². The Kier molecular flexibility index (Phi) is 9.37. The molecule has 1 saturated heterocycles. The SMILES string of the molecule is COc1ccc([Si](C)(C)[C@H]2[C@H](CCn3cc(CCO)nn3)O[C@@]3(C(=O)N(Cc4cccc(N5C(=O)COc6ccccc65)c4)c4ccccc43)[C@@H]2C)cc1. The summed E-state index contributed by atoms with van der Waals surface area (Å²) in [5, 5.41) is 19.3. The van der Waals surface area contributed by atoms with Gasteiger partial charge in [-0.25, -0.2) is 0 Å². The molecule has 11 nitrogen and oxygen atoms in total. The number of methoxy groups -OCH3 is 1. The van der Waals surface area contributed by atoms with E-state index in [1.807, 2.05) is 101 Å². The second kappa shape index (κ2) is 14.2. The predicted molar refractivity (Wildman–Crippen MR) is 208 cm³/mol. The zero-order valence-electron chi connectivity index (χ0n) is 31.0. The summed E-state index contributed by atoms with van der Waals surface area (Å²) in [5.41, 5.74) is 3.63. The number of rotatable bonds is 11. The third-order valence-electron chi connectivity index (χ3n) is 11.6. The van der Waals surface area contributed by atoms with Crippen molar-refractivity contribution >= 4 is 42.1 Å². The van der Waals surface area contributed by atoms with Gasteiger partial charge in [0, 0.05) is 42.9 Å². The normalized spacial score (nSPS) is 22.1. The zero-order valence-corrected chi connectivity index (χ0v) is 32.0. The number of aliphatic hydroxyl groups excluding tert-OH is 1. The molecule has 4 atom stereocenters. The topological polar surface area (TPSA) is 119 Å². The van der Waals surface area contributed by atoms with Crippen LogP contribution in [0, 0.1) is 5.92 Å². The molecule has 2 amide bonds. The number of fused-ring (bicyclic) bond motifs is 3. The average molecular weight is 744 g/mol. The van der Waals surface area contributed by atoms with Gasteiger partial charge in [0.15, 0.2) is 12.2 Å². The summed E-state index contributed by atoms with van der Waals surface area (Å²) in [7, 11) is -0.661. The molecule has 0 bridgehead atoms. The number of ether oxygens (including phenoxy) is 3. The predicted octanol–water partition coefficient (Wildman–Crippen LogP) is 5.73. The number of aryl methyl sites for hydroxylation is 1. The van der Waals surface area contributed by atoms with Crippen molar-refractivity contribution in [3.63, 3.8) is 0 Å². The standard InChI is InChI=1S/C42H45N5O6Si/c1-28-40(54(3,4)33-18-16-32(51-2)17-19-33)38(20-22-45-26-30(21-23-48)43-44-45)53-42(28)34-12-5-6-13-35(34)46(41(42)50)25-29-10-9-11-31(24-29)47-36-14-7-8-15-37(36)52-27-39(47)49/h5-19,24,26,28,38,40,48H,20-23,25,27H2,1-4H3/t28-,38+,40-,42+/m1/s1. The van der Waals surface area contributed by atoms with Crippen LogP contribution in [0.4, 0.5) is 17.1 Å². The third kappa shape index (κ3) is 5.98. The van der Waals surface area contributed by atoms with Crippen LogP contribution in [0.5, 0.6) is 11.5 Å². The zero-order chi connectivity index (χ0) is 37.6. The number of carbonyl (C=O) groups excluding carboxylic acids is 2. The average Bonchev–Trinajstić information content (AvgIpc) is 3.84. The molecule has 0 unspecified atom stereocenters. The van der Waals surface area contributed by atoms with E-state index in [1.54, 1.807) is 12.0 Å². The number of nitrogens with zero attached hydrogens (tertiary/aromatic N) is 5. The Morgan fingerprint density at radius 2 is 1.72 bits per heavy atom. The van der Waals surface area contributed by atoms with Gasteiger partial charge < -0.3 is 24.2 Å². The molecule has 3 aliphatic rings. The maximum atomic E-state index is 15.3. The number of carbonyl (C=O) groups is 2. The summed E-state index contributed by atoms with van der Waals surface area (Å²) < 4.78 is 20.3. The molecule has 1 aromatic heterocycles. The monoisotopic (exact) mass is 743 g/mol. The van der Waals surface area contributed by atoms with E-state index in [0.717, 1.165) is 33.9 Å². The fourth-order valence-electron chi connectivity index (χ4n) is 8.99. The Morgan fingerprint density at radius 1 is 0.963 bits per heavy atom. The molecule has 4 heterocycles. The van der Waals surface area contributed by atoms with Crippen LogP contribution >= 0.6 is 0 Å². The van der Waals surface area contributed by atoms with Crippen molar-refractivity contribution in [3.05, 3.63) is 120 Å². The Labute approximate surface area is 316 Å². The van der Waals surface area contributed by atoms with Crippen LogP contribution in [0.2, 0.25) is 18.6 Å². The Morgan fingerprint density at radius 3 is 2.50 bits per heavy atom. The minimum atomic E-state index is -2.33. The van der Waals surface area contributed by atoms with Gasteiger partial charge in [-0.05, 0) is 60.0 Å². The van der Waals surface area contributed by atoms with Gasteiger partial charge in [-0.15, -0.1) is 5.10 Å². The van der Waals surface area contributed by atoms with Gasteiger partial charge in [0.05, 0.1) is 44.9 Å². The van der Waals surface area contributed by atoms with Crippen LogP contribution in [-0.4, -0.2) is 66.4 Å². The van der Waals surface area contributed by atoms with E-state index in [4.69, 9.17) is 14.2 Å². The Hall–Kier alpha value is -5.30. The summed E-state index contributed by atoms with van der Waals surface area (Å²) in [6.07, 6.45) is 2.71. The highest BCUT2D eigenvalue weighted by Gasteiger charge is 2.66. The van der Waals surface area contributed by atoms with Gasteiger partial charge in [0.2, 0.25) is 0 Å². The van der Waals surface area contributed by atoms with Crippen LogP contribution in [0.25, 0.3) is 0 Å². The highest BCUT2D eigenvalue weighted by Crippen LogP contribution is 2.60. The first kappa shape index (κ1) is 35.7. The summed E-state index contributed by atoms with van der Waals surface area (Å²) in [6.45, 7) is 7.78. The van der Waals surface area contributed by atoms with Crippen molar-refractivity contribution in [1.82, 2.24) is 15.0 Å². The number of benzene rings is 4. The fourth-order valence-corrected chi connectivity index (χ4v) is 13.1. The lowest BCUT2D eigenvalue weighted by Gasteiger charge is -2.37. The van der Waals surface area contributed by atoms with E-state index >= 15 is 4.79 Å². The molecule has 1 spiro atoms. The minimum Gasteiger partial charge on any atom is -0.497 e. The summed E-state index contributed by atoms with van der Waals surface area (Å²) >= 11 is 0. The van der Waals surface area contributed by atoms with Gasteiger partial charge in [-0.2, -0.15) is 0 Å². The molecule has 54 heavy (non-hydrogen) atoms. The number of para-hydroxylation sites is 3. The maximum Gasteiger partial charge on any atom is 0.269 e. The van der Waals surface area contributed by atoms with Gasteiger partial charge in [0.25, 0.3) is 11.8 Å². The van der Waals surface area contributed by atoms with Gasteiger partial charge in [0.1, 0.15) is 11.5 Å². The highest BCUT2D eigenvalue weighted by molar-refractivity contribution is 6.91. The molecule has 0 radical (unpaired) electrons. The second-order valence-electron chi connectivity index (χ2n) is 15.0. The maximum absolute atomic E-state index is 15.3. The van der Waals surface area contributed by atoms with Crippen LogP contribution in [-0.2, 0) is 39.4 Å². The first-order valence-corrected chi connectivity index (χ1v) is 21.6. The summed E-state index contributed by atoms with van der Waals surface area (Å²) in [5.74, 6) is 1.07. The molecule has 5 aromatic rings. The van der Waals surface area contributed by atoms with Crippen LogP contribution < -0.4 is 24.5 Å². The van der Waals surface area contributed by atoms with E-state index in [2.05, 4.69) is 42.5 Å². The number of amides is 2. The highest BCUT2D eigenvalue weighted by atomic mass is 28.3. The van der Waals surface area contributed by atoms with E-state index in [-0.39, 0.29) is 42.6 Å². The second-order valence-corrected chi connectivity index (χ2v) is 19.6. The largest absolute Gasteiger partial charge is 0.497 e. The van der Waals surface area contributed by atoms with E-state index in [9.17, 15) is 9.90 Å². The van der Waals surface area contributed by atoms with Crippen molar-refractivity contribution in [1.29, 1.82) is 0 Å². The smallest absolute Gasteiger partial charge is 0.269 e. The van der Waals surface area contributed by atoms with Crippen molar-refractivity contribution in [2.45, 2.75) is 63.2 Å². The van der Waals surface area contributed by atoms with Crippen molar-refractivity contribution < 1.29 is 28.9 Å². The fraction of sp³-hybridized carbons (Fsp3) is 0.333. The molecular weight excluding hydrogens is 699 g/mol. The summed E-state index contributed by atoms with van der Waals surface area (Å²) in [6, 6.07) is 31.7. The van der Waals surface area contributed by atoms with Gasteiger partial charge in [-0.1, -0.05) is 85.0 Å². The van der Waals surface area contributed by atoms with Gasteiger partial charge >= 0.3 is 0 Å². The lowest BCUT2D eigenvalue weighted by Crippen LogP contribution is -2.51. The molecule has 3 aliphatic heterocycles. The number of anilines is 3. The van der Waals surface area contributed by atoms with E-state index in [1.165, 1.54) is 5.19 Å². The quantitative estimate of drug-likeness (QED) is 0.171. The summed E-state index contributed by atoms with van der Waals surface area (Å²) in [4.78, 5) is 32.0. The molecule has 0 aliphatic carbocycles. The first-order valence-electron chi connectivity index (χ1n) is 18.5. The third-order valence-corrected chi connectivity index (χ3v) is 15.9. The number of hydrogen-bond acceptors (Lipinski definition) is 8. The molecule has 12 heteroatoms. The Bertz CT molecular complexity index is 2190. The molecule has 8 rings (SSSR count). The minimum absolute atomic E-state index is 0.00972. The van der Waals surface area contributed by atoms with E-state index in [0.29, 0.717) is 37.4 Å². The molecule has 4 aromatic carbocycles. The van der Waals surface area contributed by atoms with Crippen LogP contribution in [0.1, 0.15) is 30.2 Å². The molecule has 278 valence electrons. The van der Waals surface area contributed by atoms with Crippen molar-refractivity contribution in [2.24, 2.45) is 5.92 Å². The Balaban J connectivity index is 1.15. The van der Waals surface area contributed by atoms with Gasteiger partial charge in [-0.3, -0.25) is 19.2 Å². The number of hydrogen-bond donors (Lipinski definition) is 1. The lowest BCUT2D eigenvalue weighted by molar-refractivity contribution is -0.146. The number of aromatic nitrogens is 3. The van der Waals surface area contributed by atoms with E-state index < -0.39 is 13.7 Å². The van der Waals surface area contributed by atoms with Crippen molar-refractivity contribution in [3.8, 4) is 11.5 Å². The van der Waals surface area contributed by atoms with Crippen molar-refractivity contribution in [2.75, 3.05) is 30.1 Å². The van der Waals surface area contributed by atoms with Crippen LogP contribution in [0.3, 0.4) is 0 Å². The first-order chi connectivity index (χ1) is 26.1. The molecular formula is C42H45N5O6Si. The molecule has 0 saturated carbocycles. The number of aliphatic hydroxyl groups is 1.